The lowest BCUT2D eigenvalue weighted by molar-refractivity contribution is -0.122. The van der Waals surface area contributed by atoms with E-state index >= 15 is 0 Å². The van der Waals surface area contributed by atoms with Crippen LogP contribution in [0, 0.1) is 0 Å². The number of fused-ring (bicyclic) bond motifs is 1. The fourth-order valence-corrected chi connectivity index (χ4v) is 5.75. The molecule has 0 spiro atoms. The highest BCUT2D eigenvalue weighted by molar-refractivity contribution is 8.00. The third kappa shape index (κ3) is 4.42. The average Bonchev–Trinajstić information content (AvgIpc) is 3.21. The molecule has 0 saturated heterocycles. The molecule has 2 heterocycles. The van der Waals surface area contributed by atoms with Crippen molar-refractivity contribution < 1.29 is 17.9 Å². The molecule has 2 aromatic carbocycles. The second-order valence-corrected chi connectivity index (χ2v) is 10.3. The topological polar surface area (TPSA) is 101 Å². The summed E-state index contributed by atoms with van der Waals surface area (Å²) in [5.41, 5.74) is 1.08. The fraction of sp³-hybridized carbons (Fsp3) is 0.211. The number of aromatic nitrogens is 2. The summed E-state index contributed by atoms with van der Waals surface area (Å²) < 4.78 is 34.2. The van der Waals surface area contributed by atoms with E-state index in [1.807, 2.05) is 12.3 Å². The second-order valence-electron chi connectivity index (χ2n) is 6.41. The molecule has 30 heavy (non-hydrogen) atoms. The first kappa shape index (κ1) is 20.6. The average molecular weight is 463 g/mol. The molecule has 4 rings (SSSR count). The SMILES string of the molecule is CSc1nnc(NC(=O)[C@H]2CN(S(=O)(=O)Cc3ccccc3)c3ccccc3O2)s1. The molecule has 0 saturated carbocycles. The van der Waals surface area contributed by atoms with Crippen molar-refractivity contribution >= 4 is 49.8 Å². The Balaban J connectivity index is 1.59. The normalized spacial score (nSPS) is 15.9. The smallest absolute Gasteiger partial charge is 0.269 e. The lowest BCUT2D eigenvalue weighted by Gasteiger charge is -2.34. The number of carbonyl (C=O) groups excluding carboxylic acids is 1. The van der Waals surface area contributed by atoms with Crippen molar-refractivity contribution in [3.8, 4) is 5.75 Å². The molecule has 0 unspecified atom stereocenters. The number of rotatable bonds is 6. The predicted molar refractivity (Wildman–Crippen MR) is 118 cm³/mol. The van der Waals surface area contributed by atoms with Crippen LogP contribution in [-0.2, 0) is 20.6 Å². The van der Waals surface area contributed by atoms with Crippen LogP contribution in [0.3, 0.4) is 0 Å². The van der Waals surface area contributed by atoms with Gasteiger partial charge in [-0.3, -0.25) is 14.4 Å². The first-order valence-electron chi connectivity index (χ1n) is 8.94. The number of carbonyl (C=O) groups is 1. The number of amides is 1. The van der Waals surface area contributed by atoms with Crippen LogP contribution in [0.1, 0.15) is 5.56 Å². The van der Waals surface area contributed by atoms with Gasteiger partial charge in [0, 0.05) is 0 Å². The van der Waals surface area contributed by atoms with Gasteiger partial charge in [-0.2, -0.15) is 0 Å². The molecule has 1 atom stereocenters. The zero-order valence-corrected chi connectivity index (χ0v) is 18.3. The highest BCUT2D eigenvalue weighted by Gasteiger charge is 2.37. The van der Waals surface area contributed by atoms with Gasteiger partial charge in [-0.05, 0) is 24.0 Å². The Morgan fingerprint density at radius 2 is 1.93 bits per heavy atom. The molecule has 1 aliphatic heterocycles. The summed E-state index contributed by atoms with van der Waals surface area (Å²) in [6.45, 7) is -0.133. The van der Waals surface area contributed by atoms with Crippen molar-refractivity contribution in [1.82, 2.24) is 10.2 Å². The maximum absolute atomic E-state index is 13.2. The van der Waals surface area contributed by atoms with Gasteiger partial charge in [0.2, 0.25) is 15.2 Å². The van der Waals surface area contributed by atoms with Gasteiger partial charge in [0.25, 0.3) is 5.91 Å². The summed E-state index contributed by atoms with van der Waals surface area (Å²) in [4.78, 5) is 12.8. The third-order valence-corrected chi connectivity index (χ3v) is 7.90. The standard InChI is InChI=1S/C19H18N4O4S3/c1-28-19-22-21-18(29-19)20-17(24)16-11-23(14-9-5-6-10-15(14)27-16)30(25,26)12-13-7-3-2-4-8-13/h2-10,16H,11-12H2,1H3,(H,20,21,24)/t16-/m1/s1. The zero-order chi connectivity index (χ0) is 21.1. The van der Waals surface area contributed by atoms with Crippen molar-refractivity contribution in [3.63, 3.8) is 0 Å². The molecular weight excluding hydrogens is 444 g/mol. The molecule has 0 aliphatic carbocycles. The van der Waals surface area contributed by atoms with Gasteiger partial charge in [0.15, 0.2) is 10.4 Å². The quantitative estimate of drug-likeness (QED) is 0.444. The molecule has 1 aromatic heterocycles. The lowest BCUT2D eigenvalue weighted by atomic mass is 10.2. The number of hydrogen-bond donors (Lipinski definition) is 1. The summed E-state index contributed by atoms with van der Waals surface area (Å²) in [6, 6.07) is 15.7. The number of nitrogens with one attached hydrogen (secondary N) is 1. The number of hydrogen-bond acceptors (Lipinski definition) is 8. The van der Waals surface area contributed by atoms with E-state index in [4.69, 9.17) is 4.74 Å². The molecule has 0 bridgehead atoms. The molecule has 3 aromatic rings. The monoisotopic (exact) mass is 462 g/mol. The van der Waals surface area contributed by atoms with Crippen molar-refractivity contribution in [1.29, 1.82) is 0 Å². The van der Waals surface area contributed by atoms with Crippen LogP contribution in [-0.4, -0.2) is 43.4 Å². The zero-order valence-electron chi connectivity index (χ0n) is 15.9. The Morgan fingerprint density at radius 3 is 2.67 bits per heavy atom. The van der Waals surface area contributed by atoms with Crippen LogP contribution in [0.2, 0.25) is 0 Å². The highest BCUT2D eigenvalue weighted by Crippen LogP contribution is 2.36. The van der Waals surface area contributed by atoms with Crippen LogP contribution in [0.25, 0.3) is 0 Å². The lowest BCUT2D eigenvalue weighted by Crippen LogP contribution is -2.49. The molecule has 1 N–H and O–H groups in total. The number of anilines is 2. The molecule has 8 nitrogen and oxygen atoms in total. The van der Waals surface area contributed by atoms with Crippen molar-refractivity contribution in [2.45, 2.75) is 16.2 Å². The van der Waals surface area contributed by atoms with E-state index in [0.717, 1.165) is 0 Å². The second kappa shape index (κ2) is 8.62. The Kier molecular flexibility index (Phi) is 5.93. The van der Waals surface area contributed by atoms with Gasteiger partial charge in [-0.1, -0.05) is 65.6 Å². The minimum Gasteiger partial charge on any atom is -0.476 e. The first-order chi connectivity index (χ1) is 14.5. The van der Waals surface area contributed by atoms with Crippen molar-refractivity contribution in [3.05, 3.63) is 60.2 Å². The highest BCUT2D eigenvalue weighted by atomic mass is 32.2. The van der Waals surface area contributed by atoms with Crippen molar-refractivity contribution in [2.75, 3.05) is 22.4 Å². The maximum atomic E-state index is 13.2. The number of benzene rings is 2. The van der Waals surface area contributed by atoms with E-state index in [1.54, 1.807) is 48.5 Å². The van der Waals surface area contributed by atoms with Gasteiger partial charge in [-0.15, -0.1) is 10.2 Å². The van der Waals surface area contributed by atoms with Crippen molar-refractivity contribution in [2.24, 2.45) is 0 Å². The number of nitrogens with zero attached hydrogens (tertiary/aromatic N) is 3. The van der Waals surface area contributed by atoms with Gasteiger partial charge >= 0.3 is 0 Å². The van der Waals surface area contributed by atoms with E-state index < -0.39 is 22.0 Å². The largest absolute Gasteiger partial charge is 0.476 e. The van der Waals surface area contributed by atoms with E-state index in [-0.39, 0.29) is 12.3 Å². The molecule has 0 fully saturated rings. The number of thioether (sulfide) groups is 1. The minimum atomic E-state index is -3.74. The Labute approximate surface area is 182 Å². The number of sulfonamides is 1. The maximum Gasteiger partial charge on any atom is 0.269 e. The summed E-state index contributed by atoms with van der Waals surface area (Å²) >= 11 is 2.66. The van der Waals surface area contributed by atoms with E-state index in [1.165, 1.54) is 27.4 Å². The van der Waals surface area contributed by atoms with Crippen LogP contribution < -0.4 is 14.4 Å². The Morgan fingerprint density at radius 1 is 1.20 bits per heavy atom. The van der Waals surface area contributed by atoms with Crippen LogP contribution in [0.15, 0.2) is 58.9 Å². The number of para-hydroxylation sites is 2. The molecule has 1 amide bonds. The summed E-state index contributed by atoms with van der Waals surface area (Å²) in [7, 11) is -3.74. The van der Waals surface area contributed by atoms with Gasteiger partial charge < -0.3 is 4.74 Å². The van der Waals surface area contributed by atoms with Gasteiger partial charge in [-0.25, -0.2) is 8.42 Å². The minimum absolute atomic E-state index is 0.133. The third-order valence-electron chi connectivity index (χ3n) is 4.37. The molecule has 156 valence electrons. The predicted octanol–water partition coefficient (Wildman–Crippen LogP) is 3.00. The van der Waals surface area contributed by atoms with E-state index in [0.29, 0.717) is 26.5 Å². The first-order valence-corrected chi connectivity index (χ1v) is 12.6. The van der Waals surface area contributed by atoms with E-state index in [9.17, 15) is 13.2 Å². The van der Waals surface area contributed by atoms with Crippen LogP contribution >= 0.6 is 23.1 Å². The Hall–Kier alpha value is -2.63. The fourth-order valence-electron chi connectivity index (χ4n) is 2.99. The molecule has 0 radical (unpaired) electrons. The molecular formula is C19H18N4O4S3. The van der Waals surface area contributed by atoms with Crippen LogP contribution in [0.4, 0.5) is 10.8 Å². The van der Waals surface area contributed by atoms with E-state index in [2.05, 4.69) is 15.5 Å². The van der Waals surface area contributed by atoms with Crippen LogP contribution in [0.5, 0.6) is 5.75 Å². The van der Waals surface area contributed by atoms with Gasteiger partial charge in [0.05, 0.1) is 18.0 Å². The molecule has 1 aliphatic rings. The van der Waals surface area contributed by atoms with Gasteiger partial charge in [0.1, 0.15) is 5.75 Å². The number of ether oxygens (including phenoxy) is 1. The summed E-state index contributed by atoms with van der Waals surface area (Å²) in [5.74, 6) is -0.319. The summed E-state index contributed by atoms with van der Waals surface area (Å²) in [6.07, 6.45) is 0.843. The molecule has 11 heteroatoms. The summed E-state index contributed by atoms with van der Waals surface area (Å²) in [5, 5.41) is 10.9. The Bertz CT molecular complexity index is 1150.